The molecule has 0 amide bonds. The van der Waals surface area contributed by atoms with Crippen LogP contribution in [0.4, 0.5) is 5.82 Å². The van der Waals surface area contributed by atoms with E-state index < -0.39 is 0 Å². The van der Waals surface area contributed by atoms with Crippen molar-refractivity contribution in [2.45, 2.75) is 45.8 Å². The fourth-order valence-corrected chi connectivity index (χ4v) is 4.89. The van der Waals surface area contributed by atoms with Crippen LogP contribution in [0.2, 0.25) is 0 Å². The fourth-order valence-electron chi connectivity index (χ4n) is 4.89. The van der Waals surface area contributed by atoms with Gasteiger partial charge in [0.15, 0.2) is 5.84 Å². The largest absolute Gasteiger partial charge is 0.462 e. The molecular weight excluding hydrogens is 516 g/mol. The predicted molar refractivity (Wildman–Crippen MR) is 165 cm³/mol. The molecule has 1 unspecified atom stereocenters. The van der Waals surface area contributed by atoms with Crippen LogP contribution in [0.25, 0.3) is 5.69 Å². The average Bonchev–Trinajstić information content (AvgIpc) is 3.40. The van der Waals surface area contributed by atoms with Crippen LogP contribution in [0, 0.1) is 0 Å². The van der Waals surface area contributed by atoms with E-state index in [1.54, 1.807) is 13.4 Å². The third-order valence-electron chi connectivity index (χ3n) is 7.04. The standard InChI is InChI=1S/C31H40N8O2/c1-6-41-31(40)27(26(34-5)18-22-10-8-7-9-11-22)25(33-4)16-17-35-20(2)23-12-14-24(15-13-23)39-19-36-28-29(32)37-21(3)38-30(28)39/h7-15,19-21,34-35,38H,6,16-18H2,1-5H3,(H2,32,37)/b27-26+,33-25?/t20-,21?/m0/s1. The number of imidazole rings is 1. The molecule has 1 aliphatic rings. The summed E-state index contributed by atoms with van der Waals surface area (Å²) in [4.78, 5) is 26.3. The summed E-state index contributed by atoms with van der Waals surface area (Å²) in [7, 11) is 3.55. The number of esters is 1. The second-order valence-corrected chi connectivity index (χ2v) is 9.82. The molecule has 0 saturated carbocycles. The van der Waals surface area contributed by atoms with Gasteiger partial charge in [0.1, 0.15) is 24.0 Å². The summed E-state index contributed by atoms with van der Waals surface area (Å²) in [6.45, 7) is 6.81. The van der Waals surface area contributed by atoms with Gasteiger partial charge in [-0.1, -0.05) is 42.5 Å². The minimum atomic E-state index is -0.365. The first-order chi connectivity index (χ1) is 19.9. The molecule has 5 N–H and O–H groups in total. The number of rotatable bonds is 12. The number of aliphatic imine (C=N–C) groups is 2. The zero-order chi connectivity index (χ0) is 29.4. The van der Waals surface area contributed by atoms with Gasteiger partial charge in [0.25, 0.3) is 0 Å². The van der Waals surface area contributed by atoms with E-state index in [4.69, 9.17) is 10.5 Å². The topological polar surface area (TPSA) is 131 Å². The van der Waals surface area contributed by atoms with Gasteiger partial charge in [-0.05, 0) is 44.0 Å². The molecule has 0 radical (unpaired) electrons. The number of nitrogens with two attached hydrogens (primary N) is 1. The third kappa shape index (κ3) is 7.01. The van der Waals surface area contributed by atoms with Crippen molar-refractivity contribution in [3.8, 4) is 5.69 Å². The molecule has 1 aliphatic heterocycles. The van der Waals surface area contributed by atoms with E-state index in [0.29, 0.717) is 48.8 Å². The first-order valence-electron chi connectivity index (χ1n) is 13.9. The highest BCUT2D eigenvalue weighted by Gasteiger charge is 2.23. The maximum atomic E-state index is 13.1. The van der Waals surface area contributed by atoms with E-state index in [1.165, 1.54) is 0 Å². The van der Waals surface area contributed by atoms with E-state index in [1.807, 2.05) is 55.8 Å². The highest BCUT2D eigenvalue weighted by atomic mass is 16.5. The third-order valence-corrected chi connectivity index (χ3v) is 7.04. The molecule has 0 spiro atoms. The number of hydrogen-bond donors (Lipinski definition) is 4. The first-order valence-corrected chi connectivity index (χ1v) is 13.9. The van der Waals surface area contributed by atoms with Crippen LogP contribution in [-0.4, -0.2) is 60.5 Å². The number of ether oxygens (including phenoxy) is 1. The molecule has 0 bridgehead atoms. The van der Waals surface area contributed by atoms with Crippen LogP contribution in [-0.2, 0) is 16.0 Å². The lowest BCUT2D eigenvalue weighted by Gasteiger charge is -2.20. The van der Waals surface area contributed by atoms with Crippen LogP contribution < -0.4 is 21.7 Å². The minimum Gasteiger partial charge on any atom is -0.462 e. The highest BCUT2D eigenvalue weighted by molar-refractivity contribution is 6.20. The van der Waals surface area contributed by atoms with E-state index >= 15 is 0 Å². The molecular formula is C31H40N8O2. The Labute approximate surface area is 241 Å². The maximum Gasteiger partial charge on any atom is 0.341 e. The summed E-state index contributed by atoms with van der Waals surface area (Å²) >= 11 is 0. The molecule has 41 heavy (non-hydrogen) atoms. The lowest BCUT2D eigenvalue weighted by Crippen LogP contribution is -2.29. The van der Waals surface area contributed by atoms with Gasteiger partial charge in [-0.3, -0.25) is 9.56 Å². The van der Waals surface area contributed by atoms with Crippen molar-refractivity contribution >= 4 is 23.3 Å². The van der Waals surface area contributed by atoms with Gasteiger partial charge in [-0.15, -0.1) is 0 Å². The van der Waals surface area contributed by atoms with Crippen molar-refractivity contribution in [1.29, 1.82) is 0 Å². The molecule has 2 atom stereocenters. The van der Waals surface area contributed by atoms with Crippen molar-refractivity contribution < 1.29 is 9.53 Å². The Kier molecular flexibility index (Phi) is 9.91. The second-order valence-electron chi connectivity index (χ2n) is 9.82. The van der Waals surface area contributed by atoms with Gasteiger partial charge in [-0.25, -0.2) is 14.8 Å². The normalized spacial score (nSPS) is 16.2. The summed E-state index contributed by atoms with van der Waals surface area (Å²) in [5.41, 5.74) is 11.9. The van der Waals surface area contributed by atoms with E-state index in [9.17, 15) is 4.79 Å². The second kappa shape index (κ2) is 13.8. The van der Waals surface area contributed by atoms with Crippen LogP contribution in [0.5, 0.6) is 0 Å². The minimum absolute atomic E-state index is 0.0860. The van der Waals surface area contributed by atoms with Crippen LogP contribution in [0.15, 0.2) is 82.2 Å². The Morgan fingerprint density at radius 2 is 1.93 bits per heavy atom. The summed E-state index contributed by atoms with van der Waals surface area (Å²) in [6, 6.07) is 18.4. The number of allylic oxidation sites excluding steroid dienone is 1. The van der Waals surface area contributed by atoms with Crippen molar-refractivity contribution in [2.75, 3.05) is 32.6 Å². The number of amidine groups is 1. The zero-order valence-electron chi connectivity index (χ0n) is 24.4. The molecule has 2 heterocycles. The number of carbonyl (C=O) groups excluding carboxylic acids is 1. The summed E-state index contributed by atoms with van der Waals surface area (Å²) < 4.78 is 7.41. The number of nitrogens with one attached hydrogen (secondary N) is 3. The van der Waals surface area contributed by atoms with Gasteiger partial charge in [0.05, 0.1) is 17.9 Å². The SMILES string of the molecule is CCOC(=O)/C(C(CCN[C@@H](C)c1ccc(-n2cnc3c2NC(C)N=C3N)cc1)=NC)=C(\Cc1ccccc1)NC. The number of fused-ring (bicyclic) bond motifs is 1. The monoisotopic (exact) mass is 556 g/mol. The Morgan fingerprint density at radius 3 is 2.59 bits per heavy atom. The number of nitrogens with zero attached hydrogens (tertiary/aromatic N) is 4. The van der Waals surface area contributed by atoms with Gasteiger partial charge in [-0.2, -0.15) is 0 Å². The van der Waals surface area contributed by atoms with Gasteiger partial charge >= 0.3 is 5.97 Å². The van der Waals surface area contributed by atoms with Crippen molar-refractivity contribution in [1.82, 2.24) is 20.2 Å². The molecule has 0 fully saturated rings. The molecule has 216 valence electrons. The van der Waals surface area contributed by atoms with Crippen molar-refractivity contribution in [3.05, 3.63) is 89.0 Å². The number of likely N-dealkylation sites (N-methyl/N-ethyl adjacent to an activating group) is 1. The van der Waals surface area contributed by atoms with Gasteiger partial charge in [0, 0.05) is 50.9 Å². The molecule has 1 aromatic heterocycles. The summed E-state index contributed by atoms with van der Waals surface area (Å²) in [5, 5.41) is 10.1. The molecule has 4 rings (SSSR count). The Balaban J connectivity index is 1.44. The number of hydrogen-bond acceptors (Lipinski definition) is 9. The molecule has 10 heteroatoms. The van der Waals surface area contributed by atoms with Crippen LogP contribution in [0.3, 0.4) is 0 Å². The lowest BCUT2D eigenvalue weighted by molar-refractivity contribution is -0.137. The Morgan fingerprint density at radius 1 is 1.20 bits per heavy atom. The summed E-state index contributed by atoms with van der Waals surface area (Å²) in [5.74, 6) is 0.918. The van der Waals surface area contributed by atoms with Gasteiger partial charge < -0.3 is 26.4 Å². The van der Waals surface area contributed by atoms with E-state index in [0.717, 1.165) is 28.3 Å². The smallest absolute Gasteiger partial charge is 0.341 e. The zero-order valence-corrected chi connectivity index (χ0v) is 24.4. The number of anilines is 1. The average molecular weight is 557 g/mol. The number of aromatic nitrogens is 2. The molecule has 10 nitrogen and oxygen atoms in total. The lowest BCUT2D eigenvalue weighted by atomic mass is 9.99. The Bertz CT molecular complexity index is 1420. The molecule has 3 aromatic rings. The highest BCUT2D eigenvalue weighted by Crippen LogP contribution is 2.25. The maximum absolute atomic E-state index is 13.1. The van der Waals surface area contributed by atoms with Crippen LogP contribution in [0.1, 0.15) is 50.1 Å². The Hall–Kier alpha value is -4.44. The van der Waals surface area contributed by atoms with Crippen LogP contribution >= 0.6 is 0 Å². The predicted octanol–water partition coefficient (Wildman–Crippen LogP) is 3.74. The number of benzene rings is 2. The van der Waals surface area contributed by atoms with Gasteiger partial charge in [0.2, 0.25) is 0 Å². The molecule has 2 aromatic carbocycles. The van der Waals surface area contributed by atoms with E-state index in [2.05, 4.69) is 62.1 Å². The summed E-state index contributed by atoms with van der Waals surface area (Å²) in [6.07, 6.45) is 2.79. The van der Waals surface area contributed by atoms with Crippen molar-refractivity contribution in [2.24, 2.45) is 15.7 Å². The molecule has 0 aliphatic carbocycles. The molecule has 0 saturated heterocycles. The fraction of sp³-hybridized carbons (Fsp3) is 0.355. The van der Waals surface area contributed by atoms with Crippen molar-refractivity contribution in [3.63, 3.8) is 0 Å². The van der Waals surface area contributed by atoms with E-state index in [-0.39, 0.29) is 18.2 Å². The number of carbonyl (C=O) groups is 1. The quantitative estimate of drug-likeness (QED) is 0.152. The first kappa shape index (κ1) is 29.5.